The van der Waals surface area contributed by atoms with Gasteiger partial charge in [0.2, 0.25) is 0 Å². The molecule has 0 aromatic heterocycles. The van der Waals surface area contributed by atoms with Crippen molar-refractivity contribution in [2.45, 2.75) is 33.1 Å². The number of hydrogen-bond donors (Lipinski definition) is 0. The van der Waals surface area contributed by atoms with Crippen LogP contribution in [-0.4, -0.2) is 12.8 Å². The van der Waals surface area contributed by atoms with Crippen molar-refractivity contribution < 1.29 is 14.3 Å². The highest BCUT2D eigenvalue weighted by molar-refractivity contribution is 5.63. The molecule has 0 heterocycles. The number of carbonyl (C=O) groups excluding carboxylic acids is 1. The van der Waals surface area contributed by atoms with E-state index in [2.05, 4.69) is 6.92 Å². The third kappa shape index (κ3) is 4.34. The predicted octanol–water partition coefficient (Wildman–Crippen LogP) is 3.56. The lowest BCUT2D eigenvalue weighted by Crippen LogP contribution is -2.10. The molecule has 3 heteroatoms. The number of hydrogen-bond acceptors (Lipinski definition) is 3. The highest BCUT2D eigenvalue weighted by atomic mass is 16.7. The van der Waals surface area contributed by atoms with Crippen LogP contribution in [-0.2, 0) is 11.2 Å². The lowest BCUT2D eigenvalue weighted by Gasteiger charge is -2.05. The molecule has 0 N–H and O–H groups in total. The monoisotopic (exact) mass is 222 g/mol. The number of aryl methyl sites for hydroxylation is 1. The van der Waals surface area contributed by atoms with E-state index in [1.165, 1.54) is 5.56 Å². The van der Waals surface area contributed by atoms with Crippen LogP contribution in [0.2, 0.25) is 0 Å². The Morgan fingerprint density at radius 3 is 2.38 bits per heavy atom. The first-order valence-electron chi connectivity index (χ1n) is 5.69. The zero-order chi connectivity index (χ0) is 11.8. The average molecular weight is 222 g/mol. The molecule has 0 bridgehead atoms. The maximum atomic E-state index is 11.1. The van der Waals surface area contributed by atoms with Gasteiger partial charge < -0.3 is 9.47 Å². The maximum Gasteiger partial charge on any atom is 0.513 e. The van der Waals surface area contributed by atoms with Crippen molar-refractivity contribution in [3.63, 3.8) is 0 Å². The molecule has 0 saturated carbocycles. The van der Waals surface area contributed by atoms with Gasteiger partial charge in [-0.1, -0.05) is 32.4 Å². The molecule has 3 nitrogen and oxygen atoms in total. The smallest absolute Gasteiger partial charge is 0.434 e. The molecule has 1 aromatic rings. The van der Waals surface area contributed by atoms with E-state index >= 15 is 0 Å². The van der Waals surface area contributed by atoms with Crippen LogP contribution in [0.4, 0.5) is 4.79 Å². The average Bonchev–Trinajstić information content (AvgIpc) is 2.29. The van der Waals surface area contributed by atoms with Crippen molar-refractivity contribution in [2.24, 2.45) is 0 Å². The van der Waals surface area contributed by atoms with Crippen LogP contribution in [0, 0.1) is 0 Å². The topological polar surface area (TPSA) is 35.5 Å². The van der Waals surface area contributed by atoms with Gasteiger partial charge in [0.05, 0.1) is 6.61 Å². The van der Waals surface area contributed by atoms with Crippen LogP contribution >= 0.6 is 0 Å². The summed E-state index contributed by atoms with van der Waals surface area (Å²) in [6.45, 7) is 4.46. The van der Waals surface area contributed by atoms with Crippen molar-refractivity contribution in [2.75, 3.05) is 6.61 Å². The molecule has 0 unspecified atom stereocenters. The summed E-state index contributed by atoms with van der Waals surface area (Å²) in [5.74, 6) is 0.529. The van der Waals surface area contributed by atoms with Crippen LogP contribution in [0.5, 0.6) is 5.75 Å². The fourth-order valence-electron chi connectivity index (χ4n) is 1.32. The third-order valence-electron chi connectivity index (χ3n) is 2.09. The number of ether oxygens (including phenoxy) is 2. The van der Waals surface area contributed by atoms with Crippen molar-refractivity contribution >= 4 is 6.16 Å². The van der Waals surface area contributed by atoms with Gasteiger partial charge in [-0.25, -0.2) is 4.79 Å². The molecule has 1 rings (SSSR count). The van der Waals surface area contributed by atoms with Gasteiger partial charge in [-0.05, 0) is 30.5 Å². The van der Waals surface area contributed by atoms with Crippen molar-refractivity contribution in [1.82, 2.24) is 0 Å². The number of rotatable bonds is 5. The quantitative estimate of drug-likeness (QED) is 0.564. The highest BCUT2D eigenvalue weighted by Gasteiger charge is 2.04. The van der Waals surface area contributed by atoms with Gasteiger partial charge in [-0.3, -0.25) is 0 Å². The number of carbonyl (C=O) groups is 1. The summed E-state index contributed by atoms with van der Waals surface area (Å²) in [6, 6.07) is 7.51. The molecule has 0 radical (unpaired) electrons. The second-order valence-electron chi connectivity index (χ2n) is 3.59. The molecule has 0 saturated heterocycles. The Balaban J connectivity index is 2.45. The Kier molecular flexibility index (Phi) is 5.40. The van der Waals surface area contributed by atoms with Crippen molar-refractivity contribution in [3.8, 4) is 5.75 Å². The summed E-state index contributed by atoms with van der Waals surface area (Å²) >= 11 is 0. The van der Waals surface area contributed by atoms with Gasteiger partial charge in [-0.15, -0.1) is 0 Å². The Bertz CT molecular complexity index is 316. The van der Waals surface area contributed by atoms with Gasteiger partial charge in [-0.2, -0.15) is 0 Å². The van der Waals surface area contributed by atoms with Crippen LogP contribution in [0.1, 0.15) is 32.3 Å². The Morgan fingerprint density at radius 1 is 1.12 bits per heavy atom. The Morgan fingerprint density at radius 2 is 1.81 bits per heavy atom. The minimum atomic E-state index is -0.634. The standard InChI is InChI=1S/C13H18O3/c1-3-5-11-6-8-12(9-7-11)16-13(14)15-10-4-2/h6-9H,3-5,10H2,1-2H3. The SMILES string of the molecule is CCCOC(=O)Oc1ccc(CCC)cc1. The van der Waals surface area contributed by atoms with Crippen LogP contribution in [0.3, 0.4) is 0 Å². The summed E-state index contributed by atoms with van der Waals surface area (Å²) in [7, 11) is 0. The summed E-state index contributed by atoms with van der Waals surface area (Å²) in [5, 5.41) is 0. The van der Waals surface area contributed by atoms with Crippen LogP contribution in [0.25, 0.3) is 0 Å². The zero-order valence-corrected chi connectivity index (χ0v) is 9.86. The Hall–Kier alpha value is -1.51. The maximum absolute atomic E-state index is 11.1. The van der Waals surface area contributed by atoms with Gasteiger partial charge in [0.15, 0.2) is 0 Å². The van der Waals surface area contributed by atoms with Gasteiger partial charge >= 0.3 is 6.16 Å². The molecule has 0 amide bonds. The van der Waals surface area contributed by atoms with E-state index in [4.69, 9.17) is 9.47 Å². The molecular weight excluding hydrogens is 204 g/mol. The molecule has 16 heavy (non-hydrogen) atoms. The zero-order valence-electron chi connectivity index (χ0n) is 9.86. The van der Waals surface area contributed by atoms with Crippen LogP contribution < -0.4 is 4.74 Å². The third-order valence-corrected chi connectivity index (χ3v) is 2.09. The van der Waals surface area contributed by atoms with E-state index in [0.29, 0.717) is 12.4 Å². The molecule has 0 aliphatic carbocycles. The van der Waals surface area contributed by atoms with E-state index in [-0.39, 0.29) is 0 Å². The molecule has 0 atom stereocenters. The van der Waals surface area contributed by atoms with E-state index in [0.717, 1.165) is 19.3 Å². The van der Waals surface area contributed by atoms with E-state index < -0.39 is 6.16 Å². The first-order chi connectivity index (χ1) is 7.76. The molecule has 1 aromatic carbocycles. The fraction of sp³-hybridized carbons (Fsp3) is 0.462. The predicted molar refractivity (Wildman–Crippen MR) is 62.7 cm³/mol. The minimum absolute atomic E-state index is 0.396. The summed E-state index contributed by atoms with van der Waals surface area (Å²) in [4.78, 5) is 11.1. The molecule has 0 aliphatic heterocycles. The second kappa shape index (κ2) is 6.88. The number of benzene rings is 1. The first kappa shape index (κ1) is 12.6. The summed E-state index contributed by atoms with van der Waals surface area (Å²) < 4.78 is 9.80. The summed E-state index contributed by atoms with van der Waals surface area (Å²) in [6.07, 6.45) is 2.31. The van der Waals surface area contributed by atoms with E-state index in [9.17, 15) is 4.79 Å². The van der Waals surface area contributed by atoms with Gasteiger partial charge in [0.25, 0.3) is 0 Å². The summed E-state index contributed by atoms with van der Waals surface area (Å²) in [5.41, 5.74) is 1.25. The van der Waals surface area contributed by atoms with Crippen molar-refractivity contribution in [3.05, 3.63) is 29.8 Å². The van der Waals surface area contributed by atoms with Gasteiger partial charge in [0.1, 0.15) is 5.75 Å². The molecule has 0 aliphatic rings. The van der Waals surface area contributed by atoms with Crippen LogP contribution in [0.15, 0.2) is 24.3 Å². The lowest BCUT2D eigenvalue weighted by molar-refractivity contribution is 0.0991. The lowest BCUT2D eigenvalue weighted by atomic mass is 10.1. The van der Waals surface area contributed by atoms with E-state index in [1.807, 2.05) is 19.1 Å². The van der Waals surface area contributed by atoms with E-state index in [1.54, 1.807) is 12.1 Å². The highest BCUT2D eigenvalue weighted by Crippen LogP contribution is 2.13. The Labute approximate surface area is 96.4 Å². The second-order valence-corrected chi connectivity index (χ2v) is 3.59. The van der Waals surface area contributed by atoms with Crippen molar-refractivity contribution in [1.29, 1.82) is 0 Å². The molecule has 0 fully saturated rings. The molecule has 88 valence electrons. The fourth-order valence-corrected chi connectivity index (χ4v) is 1.32. The molecular formula is C13H18O3. The normalized spacial score (nSPS) is 9.88. The molecule has 0 spiro atoms. The first-order valence-corrected chi connectivity index (χ1v) is 5.69. The van der Waals surface area contributed by atoms with Gasteiger partial charge in [0, 0.05) is 0 Å². The largest absolute Gasteiger partial charge is 0.513 e. The minimum Gasteiger partial charge on any atom is -0.434 e.